The van der Waals surface area contributed by atoms with Gasteiger partial charge < -0.3 is 9.47 Å². The normalized spacial score (nSPS) is 11.0. The maximum atomic E-state index is 12.4. The van der Waals surface area contributed by atoms with Gasteiger partial charge in [0.2, 0.25) is 5.91 Å². The van der Waals surface area contributed by atoms with Crippen LogP contribution in [0.15, 0.2) is 66.1 Å². The number of benzene rings is 3. The van der Waals surface area contributed by atoms with Crippen molar-refractivity contribution in [1.82, 2.24) is 4.98 Å². The van der Waals surface area contributed by atoms with E-state index in [1.165, 1.54) is 24.5 Å². The van der Waals surface area contributed by atoms with Crippen LogP contribution in [0.5, 0.6) is 11.5 Å². The summed E-state index contributed by atoms with van der Waals surface area (Å²) in [5, 5.41) is 7.09. The Balaban J connectivity index is 1.40. The highest BCUT2D eigenvalue weighted by Crippen LogP contribution is 2.33. The molecule has 0 aliphatic heterocycles. The molecule has 0 saturated carbocycles. The van der Waals surface area contributed by atoms with Crippen LogP contribution in [0.1, 0.15) is 11.1 Å². The van der Waals surface area contributed by atoms with Crippen LogP contribution < -0.4 is 14.8 Å². The average Bonchev–Trinajstić information content (AvgIpc) is 3.30. The van der Waals surface area contributed by atoms with Crippen LogP contribution in [0, 0.1) is 0 Å². The third kappa shape index (κ3) is 6.52. The lowest BCUT2D eigenvalue weighted by molar-refractivity contribution is -0.111. The maximum absolute atomic E-state index is 12.4. The summed E-state index contributed by atoms with van der Waals surface area (Å²) in [6, 6.07) is 15.8. The number of ether oxygens (including phenoxy) is 2. The first kappa shape index (κ1) is 26.3. The molecule has 0 aliphatic carbocycles. The topological polar surface area (TPSA) is 60.5 Å². The Labute approximate surface area is 232 Å². The molecule has 4 aromatic rings. The zero-order valence-corrected chi connectivity index (χ0v) is 22.6. The molecule has 0 bridgehead atoms. The predicted octanol–water partition coefficient (Wildman–Crippen LogP) is 8.66. The Hall–Kier alpha value is -2.74. The van der Waals surface area contributed by atoms with Crippen molar-refractivity contribution in [3.8, 4) is 22.8 Å². The summed E-state index contributed by atoms with van der Waals surface area (Å²) in [4.78, 5) is 16.9. The molecule has 0 saturated heterocycles. The number of methoxy groups -OCH3 is 1. The zero-order valence-electron chi connectivity index (χ0n) is 18.7. The van der Waals surface area contributed by atoms with Gasteiger partial charge >= 0.3 is 0 Å². The minimum absolute atomic E-state index is 0.184. The molecule has 3 aromatic carbocycles. The highest BCUT2D eigenvalue weighted by atomic mass is 35.5. The quantitative estimate of drug-likeness (QED) is 0.212. The van der Waals surface area contributed by atoms with Crippen molar-refractivity contribution in [2.45, 2.75) is 6.61 Å². The van der Waals surface area contributed by atoms with Crippen LogP contribution in [0.25, 0.3) is 17.3 Å². The number of anilines is 1. The molecule has 1 heterocycles. The second-order valence-electron chi connectivity index (χ2n) is 7.38. The first-order valence-electron chi connectivity index (χ1n) is 10.5. The summed E-state index contributed by atoms with van der Waals surface area (Å²) in [5.41, 5.74) is 2.82. The first-order chi connectivity index (χ1) is 17.3. The van der Waals surface area contributed by atoms with E-state index in [0.717, 1.165) is 11.1 Å². The van der Waals surface area contributed by atoms with E-state index in [4.69, 9.17) is 55.9 Å². The fourth-order valence-electron chi connectivity index (χ4n) is 3.20. The molecule has 0 radical (unpaired) electrons. The van der Waals surface area contributed by atoms with Gasteiger partial charge in [-0.15, -0.1) is 11.3 Å². The summed E-state index contributed by atoms with van der Waals surface area (Å²) in [6.07, 6.45) is 3.08. The number of nitrogens with zero attached hydrogens (tertiary/aromatic N) is 1. The molecule has 0 unspecified atom stereocenters. The SMILES string of the molecule is COc1cc(C=CC(=O)Nc2nc(-c3ccc(Cl)cc3Cl)cs2)ccc1OCc1c(Cl)cccc1Cl. The van der Waals surface area contributed by atoms with E-state index in [0.29, 0.717) is 48.0 Å². The van der Waals surface area contributed by atoms with Crippen LogP contribution in [0.3, 0.4) is 0 Å². The number of thiazole rings is 1. The Kier molecular flexibility index (Phi) is 8.77. The second-order valence-corrected chi connectivity index (χ2v) is 9.90. The first-order valence-corrected chi connectivity index (χ1v) is 12.9. The van der Waals surface area contributed by atoms with Gasteiger partial charge in [-0.05, 0) is 54.1 Å². The average molecular weight is 580 g/mol. The van der Waals surface area contributed by atoms with E-state index in [2.05, 4.69) is 10.3 Å². The lowest BCUT2D eigenvalue weighted by atomic mass is 10.2. The number of aromatic nitrogens is 1. The van der Waals surface area contributed by atoms with Crippen molar-refractivity contribution >= 4 is 74.9 Å². The number of halogens is 4. The fraction of sp³-hybridized carbons (Fsp3) is 0.0769. The van der Waals surface area contributed by atoms with Crippen molar-refractivity contribution < 1.29 is 14.3 Å². The number of carbonyl (C=O) groups is 1. The van der Waals surface area contributed by atoms with Crippen molar-refractivity contribution in [1.29, 1.82) is 0 Å². The Morgan fingerprint density at radius 2 is 1.78 bits per heavy atom. The largest absolute Gasteiger partial charge is 0.493 e. The minimum Gasteiger partial charge on any atom is -0.493 e. The molecule has 0 aliphatic rings. The molecular formula is C26H18Cl4N2O3S. The Morgan fingerprint density at radius 3 is 2.50 bits per heavy atom. The smallest absolute Gasteiger partial charge is 0.250 e. The highest BCUT2D eigenvalue weighted by Gasteiger charge is 2.12. The molecule has 10 heteroatoms. The molecular weight excluding hydrogens is 562 g/mol. The second kappa shape index (κ2) is 12.0. The van der Waals surface area contributed by atoms with Crippen molar-refractivity contribution in [3.05, 3.63) is 97.3 Å². The van der Waals surface area contributed by atoms with Crippen molar-refractivity contribution in [3.63, 3.8) is 0 Å². The third-order valence-corrected chi connectivity index (χ3v) is 7.00. The minimum atomic E-state index is -0.328. The number of amides is 1. The third-order valence-electron chi connectivity index (χ3n) is 4.99. The number of rotatable bonds is 8. The highest BCUT2D eigenvalue weighted by molar-refractivity contribution is 7.14. The molecule has 0 fully saturated rings. The van der Waals surface area contributed by atoms with E-state index in [-0.39, 0.29) is 12.5 Å². The summed E-state index contributed by atoms with van der Waals surface area (Å²) < 4.78 is 11.3. The number of carbonyl (C=O) groups excluding carboxylic acids is 1. The van der Waals surface area contributed by atoms with Gasteiger partial charge in [-0.1, -0.05) is 58.5 Å². The molecule has 0 atom stereocenters. The number of hydrogen-bond acceptors (Lipinski definition) is 5. The van der Waals surface area contributed by atoms with E-state index < -0.39 is 0 Å². The zero-order chi connectivity index (χ0) is 25.7. The summed E-state index contributed by atoms with van der Waals surface area (Å²) in [5.74, 6) is 0.696. The van der Waals surface area contributed by atoms with Crippen LogP contribution in [-0.4, -0.2) is 18.0 Å². The van der Waals surface area contributed by atoms with Gasteiger partial charge in [-0.25, -0.2) is 4.98 Å². The monoisotopic (exact) mass is 578 g/mol. The van der Waals surface area contributed by atoms with Crippen molar-refractivity contribution in [2.24, 2.45) is 0 Å². The van der Waals surface area contributed by atoms with Gasteiger partial charge in [-0.3, -0.25) is 10.1 Å². The summed E-state index contributed by atoms with van der Waals surface area (Å²) in [6.45, 7) is 0.184. The molecule has 1 aromatic heterocycles. The van der Waals surface area contributed by atoms with Gasteiger partial charge in [0.25, 0.3) is 0 Å². The van der Waals surface area contributed by atoms with Gasteiger partial charge in [0, 0.05) is 37.7 Å². The lowest BCUT2D eigenvalue weighted by Crippen LogP contribution is -2.07. The molecule has 0 spiro atoms. The van der Waals surface area contributed by atoms with Crippen LogP contribution in [0.4, 0.5) is 5.13 Å². The number of hydrogen-bond donors (Lipinski definition) is 1. The molecule has 36 heavy (non-hydrogen) atoms. The van der Waals surface area contributed by atoms with Gasteiger partial charge in [-0.2, -0.15) is 0 Å². The standard InChI is InChI=1S/C26H18Cl4N2O3S/c1-34-24-11-15(5-9-23(24)35-13-18-19(28)3-2-4-20(18)29)6-10-25(33)32-26-31-22(14-36-26)17-8-7-16(27)12-21(17)30/h2-12,14H,13H2,1H3,(H,31,32,33). The van der Waals surface area contributed by atoms with E-state index >= 15 is 0 Å². The Bertz CT molecular complexity index is 1420. The fourth-order valence-corrected chi connectivity index (χ4v) is 4.92. The molecule has 1 N–H and O–H groups in total. The lowest BCUT2D eigenvalue weighted by Gasteiger charge is -2.13. The van der Waals surface area contributed by atoms with Crippen LogP contribution in [-0.2, 0) is 11.4 Å². The Morgan fingerprint density at radius 1 is 1.00 bits per heavy atom. The van der Waals surface area contributed by atoms with E-state index in [9.17, 15) is 4.79 Å². The van der Waals surface area contributed by atoms with Crippen LogP contribution >= 0.6 is 57.7 Å². The molecule has 184 valence electrons. The van der Waals surface area contributed by atoms with Gasteiger partial charge in [0.15, 0.2) is 16.6 Å². The van der Waals surface area contributed by atoms with Crippen LogP contribution in [0.2, 0.25) is 20.1 Å². The van der Waals surface area contributed by atoms with E-state index in [1.54, 1.807) is 60.7 Å². The molecule has 5 nitrogen and oxygen atoms in total. The van der Waals surface area contributed by atoms with Crippen molar-refractivity contribution in [2.75, 3.05) is 12.4 Å². The maximum Gasteiger partial charge on any atom is 0.250 e. The molecule has 1 amide bonds. The van der Waals surface area contributed by atoms with Gasteiger partial charge in [0.1, 0.15) is 6.61 Å². The van der Waals surface area contributed by atoms with Gasteiger partial charge in [0.05, 0.1) is 17.8 Å². The number of nitrogens with one attached hydrogen (secondary N) is 1. The predicted molar refractivity (Wildman–Crippen MR) is 149 cm³/mol. The summed E-state index contributed by atoms with van der Waals surface area (Å²) >= 11 is 25.9. The summed E-state index contributed by atoms with van der Waals surface area (Å²) in [7, 11) is 1.54. The van der Waals surface area contributed by atoms with E-state index in [1.807, 2.05) is 5.38 Å². The molecule has 4 rings (SSSR count).